The van der Waals surface area contributed by atoms with Crippen LogP contribution in [0.1, 0.15) is 31.6 Å². The van der Waals surface area contributed by atoms with Crippen LogP contribution in [-0.2, 0) is 0 Å². The van der Waals surface area contributed by atoms with E-state index in [1.165, 1.54) is 11.3 Å². The number of thiophene rings is 1. The molecule has 3 heterocycles. The summed E-state index contributed by atoms with van der Waals surface area (Å²) in [6.45, 7) is 6.26. The summed E-state index contributed by atoms with van der Waals surface area (Å²) in [6, 6.07) is 2.08. The minimum Gasteiger partial charge on any atom is -0.333 e. The summed E-state index contributed by atoms with van der Waals surface area (Å²) < 4.78 is 5.43. The van der Waals surface area contributed by atoms with Gasteiger partial charge in [-0.3, -0.25) is 4.90 Å². The number of halogens is 1. The van der Waals surface area contributed by atoms with Crippen molar-refractivity contribution < 1.29 is 4.52 Å². The van der Waals surface area contributed by atoms with Crippen molar-refractivity contribution in [2.75, 3.05) is 26.2 Å². The summed E-state index contributed by atoms with van der Waals surface area (Å²) in [5.74, 6) is 1.31. The first-order valence-corrected chi connectivity index (χ1v) is 8.57. The lowest BCUT2D eigenvalue weighted by Crippen LogP contribution is -2.45. The highest BCUT2D eigenvalue weighted by molar-refractivity contribution is 7.14. The first-order chi connectivity index (χ1) is 10.3. The molecule has 1 aliphatic heterocycles. The average molecular weight is 327 g/mol. The van der Waals surface area contributed by atoms with Gasteiger partial charge in [0.15, 0.2) is 5.82 Å². The van der Waals surface area contributed by atoms with E-state index in [2.05, 4.69) is 27.3 Å². The number of piperazine rings is 1. The smallest absolute Gasteiger partial charge is 0.269 e. The molecular formula is C14H19ClN4OS. The Balaban J connectivity index is 1.83. The highest BCUT2D eigenvalue weighted by Gasteiger charge is 2.26. The Morgan fingerprint density at radius 2 is 2.29 bits per heavy atom. The zero-order valence-electron chi connectivity index (χ0n) is 12.0. The van der Waals surface area contributed by atoms with E-state index in [4.69, 9.17) is 16.1 Å². The van der Waals surface area contributed by atoms with E-state index in [-0.39, 0.29) is 6.04 Å². The lowest BCUT2D eigenvalue weighted by Gasteiger charge is -2.33. The number of hydrogen-bond donors (Lipinski definition) is 1. The molecule has 0 radical (unpaired) electrons. The van der Waals surface area contributed by atoms with E-state index in [0.29, 0.717) is 10.9 Å². The fourth-order valence-corrected chi connectivity index (χ4v) is 3.71. The first-order valence-electron chi connectivity index (χ1n) is 7.31. The molecule has 0 amide bonds. The van der Waals surface area contributed by atoms with Crippen molar-refractivity contribution in [1.29, 1.82) is 0 Å². The molecular weight excluding hydrogens is 308 g/mol. The van der Waals surface area contributed by atoms with Gasteiger partial charge < -0.3 is 9.84 Å². The third kappa shape index (κ3) is 3.29. The molecule has 1 aliphatic rings. The summed E-state index contributed by atoms with van der Waals surface area (Å²) in [5, 5.41) is 10.2. The molecule has 3 rings (SSSR count). The Bertz CT molecular complexity index is 579. The highest BCUT2D eigenvalue weighted by atomic mass is 35.5. The minimum atomic E-state index is 0.230. The Morgan fingerprint density at radius 3 is 2.95 bits per heavy atom. The molecule has 0 aromatic carbocycles. The van der Waals surface area contributed by atoms with E-state index < -0.39 is 0 Å². The molecule has 114 valence electrons. The maximum absolute atomic E-state index is 6.14. The van der Waals surface area contributed by atoms with Gasteiger partial charge in [0, 0.05) is 26.2 Å². The molecule has 1 fully saturated rings. The lowest BCUT2D eigenvalue weighted by atomic mass is 10.1. The fourth-order valence-electron chi connectivity index (χ4n) is 2.65. The van der Waals surface area contributed by atoms with Crippen molar-refractivity contribution in [3.05, 3.63) is 22.3 Å². The number of nitrogens with one attached hydrogen (secondary N) is 1. The summed E-state index contributed by atoms with van der Waals surface area (Å²) in [5.41, 5.74) is 0. The van der Waals surface area contributed by atoms with Crippen LogP contribution in [0.25, 0.3) is 10.8 Å². The SMILES string of the molecule is CCCC(c1noc(-c2sccc2Cl)n1)N1CCNCC1. The van der Waals surface area contributed by atoms with Gasteiger partial charge in [-0.1, -0.05) is 30.1 Å². The zero-order chi connectivity index (χ0) is 14.7. The van der Waals surface area contributed by atoms with Crippen LogP contribution in [0.3, 0.4) is 0 Å². The Labute approximate surface area is 133 Å². The lowest BCUT2D eigenvalue weighted by molar-refractivity contribution is 0.155. The van der Waals surface area contributed by atoms with Gasteiger partial charge in [-0.25, -0.2) is 0 Å². The normalized spacial score (nSPS) is 18.0. The molecule has 1 saturated heterocycles. The molecule has 1 unspecified atom stereocenters. The second-order valence-corrected chi connectivity index (χ2v) is 6.47. The molecule has 0 bridgehead atoms. The van der Waals surface area contributed by atoms with E-state index in [1.54, 1.807) is 0 Å². The van der Waals surface area contributed by atoms with Crippen LogP contribution in [-0.4, -0.2) is 41.2 Å². The Hall–Kier alpha value is -0.950. The van der Waals surface area contributed by atoms with Crippen LogP contribution in [0.5, 0.6) is 0 Å². The maximum Gasteiger partial charge on any atom is 0.269 e. The largest absolute Gasteiger partial charge is 0.333 e. The molecule has 1 N–H and O–H groups in total. The summed E-state index contributed by atoms with van der Waals surface area (Å²) in [4.78, 5) is 7.88. The van der Waals surface area contributed by atoms with Crippen LogP contribution in [0.4, 0.5) is 0 Å². The monoisotopic (exact) mass is 326 g/mol. The third-order valence-corrected chi connectivity index (χ3v) is 5.04. The molecule has 7 heteroatoms. The predicted molar refractivity (Wildman–Crippen MR) is 84.7 cm³/mol. The summed E-state index contributed by atoms with van der Waals surface area (Å²) in [6.07, 6.45) is 2.13. The van der Waals surface area contributed by atoms with Crippen molar-refractivity contribution in [2.45, 2.75) is 25.8 Å². The number of aromatic nitrogens is 2. The van der Waals surface area contributed by atoms with Crippen molar-refractivity contribution in [1.82, 2.24) is 20.4 Å². The van der Waals surface area contributed by atoms with Crippen molar-refractivity contribution in [3.63, 3.8) is 0 Å². The molecule has 1 atom stereocenters. The van der Waals surface area contributed by atoms with Gasteiger partial charge in [-0.15, -0.1) is 11.3 Å². The predicted octanol–water partition coefficient (Wildman–Crippen LogP) is 3.20. The molecule has 2 aromatic rings. The van der Waals surface area contributed by atoms with Crippen molar-refractivity contribution in [3.8, 4) is 10.8 Å². The van der Waals surface area contributed by atoms with Crippen molar-refractivity contribution >= 4 is 22.9 Å². The quantitative estimate of drug-likeness (QED) is 0.914. The van der Waals surface area contributed by atoms with Crippen LogP contribution in [0.2, 0.25) is 5.02 Å². The minimum absolute atomic E-state index is 0.230. The number of nitrogens with zero attached hydrogens (tertiary/aromatic N) is 3. The van der Waals surface area contributed by atoms with E-state index in [9.17, 15) is 0 Å². The molecule has 5 nitrogen and oxygen atoms in total. The average Bonchev–Trinajstić information content (AvgIpc) is 3.14. The van der Waals surface area contributed by atoms with Gasteiger partial charge >= 0.3 is 0 Å². The van der Waals surface area contributed by atoms with Gasteiger partial charge in [0.2, 0.25) is 0 Å². The van der Waals surface area contributed by atoms with Gasteiger partial charge in [-0.2, -0.15) is 4.98 Å². The van der Waals surface area contributed by atoms with Crippen molar-refractivity contribution in [2.24, 2.45) is 0 Å². The van der Waals surface area contributed by atoms with Gasteiger partial charge in [0.25, 0.3) is 5.89 Å². The van der Waals surface area contributed by atoms with Gasteiger partial charge in [-0.05, 0) is 17.9 Å². The van der Waals surface area contributed by atoms with Gasteiger partial charge in [0.05, 0.1) is 11.1 Å². The van der Waals surface area contributed by atoms with Crippen LogP contribution in [0.15, 0.2) is 16.0 Å². The molecule has 0 saturated carbocycles. The van der Waals surface area contributed by atoms with Crippen LogP contribution in [0, 0.1) is 0 Å². The fraction of sp³-hybridized carbons (Fsp3) is 0.571. The highest BCUT2D eigenvalue weighted by Crippen LogP contribution is 2.33. The van der Waals surface area contributed by atoms with Crippen LogP contribution < -0.4 is 5.32 Å². The first kappa shape index (κ1) is 15.0. The molecule has 21 heavy (non-hydrogen) atoms. The molecule has 2 aromatic heterocycles. The van der Waals surface area contributed by atoms with E-state index in [1.807, 2.05) is 11.4 Å². The summed E-state index contributed by atoms with van der Waals surface area (Å²) >= 11 is 7.66. The second-order valence-electron chi connectivity index (χ2n) is 5.15. The number of rotatable bonds is 5. The van der Waals surface area contributed by atoms with E-state index in [0.717, 1.165) is 49.7 Å². The Kier molecular flexibility index (Phi) is 4.90. The Morgan fingerprint density at radius 1 is 1.48 bits per heavy atom. The zero-order valence-corrected chi connectivity index (χ0v) is 13.6. The van der Waals surface area contributed by atoms with E-state index >= 15 is 0 Å². The third-order valence-electron chi connectivity index (χ3n) is 3.71. The topological polar surface area (TPSA) is 54.2 Å². The molecule has 0 aliphatic carbocycles. The standard InChI is InChI=1S/C14H19ClN4OS/c1-2-3-11(19-7-5-16-6-8-19)13-17-14(20-18-13)12-10(15)4-9-21-12/h4,9,11,16H,2-3,5-8H2,1H3. The second kappa shape index (κ2) is 6.87. The van der Waals surface area contributed by atoms with Crippen LogP contribution >= 0.6 is 22.9 Å². The number of hydrogen-bond acceptors (Lipinski definition) is 6. The molecule has 0 spiro atoms. The van der Waals surface area contributed by atoms with Gasteiger partial charge in [0.1, 0.15) is 4.88 Å². The maximum atomic E-state index is 6.14. The summed E-state index contributed by atoms with van der Waals surface area (Å²) in [7, 11) is 0.